The minimum atomic E-state index is 0. The van der Waals surface area contributed by atoms with E-state index in [0.717, 1.165) is 0 Å². The molecular formula is C6H13ClO3. The number of aliphatic hydroxyl groups is 1. The van der Waals surface area contributed by atoms with Gasteiger partial charge in [-0.05, 0) is 6.42 Å². The summed E-state index contributed by atoms with van der Waals surface area (Å²) in [6.07, 6.45) is 0.823. The van der Waals surface area contributed by atoms with Gasteiger partial charge in [0.25, 0.3) is 0 Å². The van der Waals surface area contributed by atoms with Crippen molar-refractivity contribution in [1.82, 2.24) is 0 Å². The molecule has 1 N–H and O–H groups in total. The Bertz CT molecular complexity index is 70.6. The van der Waals surface area contributed by atoms with Gasteiger partial charge in [0.05, 0.1) is 25.9 Å². The second kappa shape index (κ2) is 5.92. The van der Waals surface area contributed by atoms with E-state index in [9.17, 15) is 0 Å². The first-order chi connectivity index (χ1) is 4.43. The molecular weight excluding hydrogens is 156 g/mol. The molecule has 0 spiro atoms. The van der Waals surface area contributed by atoms with E-state index in [4.69, 9.17) is 14.6 Å². The van der Waals surface area contributed by atoms with E-state index >= 15 is 0 Å². The van der Waals surface area contributed by atoms with Gasteiger partial charge in [0.15, 0.2) is 0 Å². The second-order valence-corrected chi connectivity index (χ2v) is 2.08. The lowest BCUT2D eigenvalue weighted by Crippen LogP contribution is -2.29. The molecule has 1 atom stereocenters. The minimum absolute atomic E-state index is 0. The molecule has 4 heteroatoms. The highest BCUT2D eigenvalue weighted by Gasteiger charge is 2.12. The molecule has 0 saturated carbocycles. The standard InChI is InChI=1S/C6H12O3.ClH/c7-2-1-6-5-8-3-4-9-6;/h6-7H,1-5H2;1H. The Morgan fingerprint density at radius 2 is 2.20 bits per heavy atom. The molecule has 1 fully saturated rings. The number of hydrogen-bond acceptors (Lipinski definition) is 3. The zero-order valence-electron chi connectivity index (χ0n) is 5.78. The fourth-order valence-corrected chi connectivity index (χ4v) is 0.847. The lowest BCUT2D eigenvalue weighted by atomic mass is 10.3. The topological polar surface area (TPSA) is 38.7 Å². The van der Waals surface area contributed by atoms with Gasteiger partial charge in [0, 0.05) is 6.61 Å². The van der Waals surface area contributed by atoms with Crippen molar-refractivity contribution in [2.24, 2.45) is 0 Å². The molecule has 1 aliphatic rings. The smallest absolute Gasteiger partial charge is 0.0831 e. The van der Waals surface area contributed by atoms with Crippen LogP contribution in [-0.4, -0.2) is 37.6 Å². The molecule has 0 aromatic heterocycles. The first-order valence-corrected chi connectivity index (χ1v) is 3.23. The molecule has 1 saturated heterocycles. The number of aliphatic hydroxyl groups excluding tert-OH is 1. The Morgan fingerprint density at radius 1 is 1.40 bits per heavy atom. The maximum absolute atomic E-state index is 8.48. The predicted octanol–water partition coefficient (Wildman–Crippen LogP) is 0.206. The van der Waals surface area contributed by atoms with Gasteiger partial charge in [-0.1, -0.05) is 0 Å². The highest BCUT2D eigenvalue weighted by molar-refractivity contribution is 5.85. The van der Waals surface area contributed by atoms with Gasteiger partial charge in [0.2, 0.25) is 0 Å². The molecule has 0 bridgehead atoms. The van der Waals surface area contributed by atoms with Crippen molar-refractivity contribution in [3.05, 3.63) is 0 Å². The lowest BCUT2D eigenvalue weighted by Gasteiger charge is -2.21. The van der Waals surface area contributed by atoms with Crippen LogP contribution in [0, 0.1) is 0 Å². The molecule has 1 aliphatic heterocycles. The summed E-state index contributed by atoms with van der Waals surface area (Å²) in [5.74, 6) is 0. The van der Waals surface area contributed by atoms with E-state index in [-0.39, 0.29) is 25.1 Å². The summed E-state index contributed by atoms with van der Waals surface area (Å²) in [6, 6.07) is 0. The number of hydrogen-bond donors (Lipinski definition) is 1. The lowest BCUT2D eigenvalue weighted by molar-refractivity contribution is -0.0943. The van der Waals surface area contributed by atoms with Gasteiger partial charge >= 0.3 is 0 Å². The maximum atomic E-state index is 8.48. The number of ether oxygens (including phenoxy) is 2. The SMILES string of the molecule is Cl.OCCC1COCCO1. The zero-order valence-corrected chi connectivity index (χ0v) is 6.60. The molecule has 0 radical (unpaired) electrons. The Labute approximate surface area is 66.7 Å². The molecule has 0 aromatic carbocycles. The molecule has 62 valence electrons. The largest absolute Gasteiger partial charge is 0.396 e. The third kappa shape index (κ3) is 3.37. The first kappa shape index (κ1) is 10.2. The molecule has 0 aliphatic carbocycles. The second-order valence-electron chi connectivity index (χ2n) is 2.08. The highest BCUT2D eigenvalue weighted by Crippen LogP contribution is 2.03. The van der Waals surface area contributed by atoms with Crippen LogP contribution in [0.1, 0.15) is 6.42 Å². The van der Waals surface area contributed by atoms with Crippen LogP contribution < -0.4 is 0 Å². The predicted molar refractivity (Wildman–Crippen MR) is 39.5 cm³/mol. The van der Waals surface area contributed by atoms with Crippen molar-refractivity contribution in [2.45, 2.75) is 12.5 Å². The molecule has 1 unspecified atom stereocenters. The van der Waals surface area contributed by atoms with Gasteiger partial charge in [-0.3, -0.25) is 0 Å². The monoisotopic (exact) mass is 168 g/mol. The van der Waals surface area contributed by atoms with Crippen molar-refractivity contribution >= 4 is 12.4 Å². The fourth-order valence-electron chi connectivity index (χ4n) is 0.847. The summed E-state index contributed by atoms with van der Waals surface area (Å²) in [7, 11) is 0. The number of halogens is 1. The van der Waals surface area contributed by atoms with Gasteiger partial charge in [0.1, 0.15) is 0 Å². The summed E-state index contributed by atoms with van der Waals surface area (Å²) >= 11 is 0. The zero-order chi connectivity index (χ0) is 6.53. The van der Waals surface area contributed by atoms with Crippen molar-refractivity contribution in [1.29, 1.82) is 0 Å². The van der Waals surface area contributed by atoms with Crippen LogP contribution in [0.4, 0.5) is 0 Å². The number of rotatable bonds is 2. The van der Waals surface area contributed by atoms with E-state index in [2.05, 4.69) is 0 Å². The van der Waals surface area contributed by atoms with Gasteiger partial charge < -0.3 is 14.6 Å². The van der Waals surface area contributed by atoms with E-state index in [1.807, 2.05) is 0 Å². The molecule has 0 amide bonds. The van der Waals surface area contributed by atoms with Crippen LogP contribution in [0.25, 0.3) is 0 Å². The molecule has 1 rings (SSSR count). The third-order valence-electron chi connectivity index (χ3n) is 1.34. The van der Waals surface area contributed by atoms with Crippen molar-refractivity contribution in [3.63, 3.8) is 0 Å². The van der Waals surface area contributed by atoms with Crippen molar-refractivity contribution in [3.8, 4) is 0 Å². The van der Waals surface area contributed by atoms with Gasteiger partial charge in [-0.15, -0.1) is 12.4 Å². The van der Waals surface area contributed by atoms with E-state index in [1.165, 1.54) is 0 Å². The van der Waals surface area contributed by atoms with Crippen LogP contribution in [0.15, 0.2) is 0 Å². The van der Waals surface area contributed by atoms with Crippen LogP contribution in [0.3, 0.4) is 0 Å². The summed E-state index contributed by atoms with van der Waals surface area (Å²) in [4.78, 5) is 0. The summed E-state index contributed by atoms with van der Waals surface area (Å²) < 4.78 is 10.3. The quantitative estimate of drug-likeness (QED) is 0.641. The van der Waals surface area contributed by atoms with E-state index in [1.54, 1.807) is 0 Å². The van der Waals surface area contributed by atoms with E-state index < -0.39 is 0 Å². The van der Waals surface area contributed by atoms with Crippen LogP contribution in [0.5, 0.6) is 0 Å². The normalized spacial score (nSPS) is 25.5. The molecule has 10 heavy (non-hydrogen) atoms. The Morgan fingerprint density at radius 3 is 2.70 bits per heavy atom. The Kier molecular flexibility index (Phi) is 6.02. The third-order valence-corrected chi connectivity index (χ3v) is 1.34. The summed E-state index contributed by atoms with van der Waals surface area (Å²) in [6.45, 7) is 2.20. The minimum Gasteiger partial charge on any atom is -0.396 e. The summed E-state index contributed by atoms with van der Waals surface area (Å²) in [5.41, 5.74) is 0. The molecule has 1 heterocycles. The fraction of sp³-hybridized carbons (Fsp3) is 1.00. The molecule has 3 nitrogen and oxygen atoms in total. The van der Waals surface area contributed by atoms with Crippen LogP contribution in [0.2, 0.25) is 0 Å². The Balaban J connectivity index is 0.000000810. The Hall–Kier alpha value is 0.170. The summed E-state index contributed by atoms with van der Waals surface area (Å²) in [5, 5.41) is 8.48. The van der Waals surface area contributed by atoms with Crippen LogP contribution in [-0.2, 0) is 9.47 Å². The van der Waals surface area contributed by atoms with Gasteiger partial charge in [-0.2, -0.15) is 0 Å². The maximum Gasteiger partial charge on any atom is 0.0831 e. The average Bonchev–Trinajstić information content (AvgIpc) is 1.91. The highest BCUT2D eigenvalue weighted by atomic mass is 35.5. The van der Waals surface area contributed by atoms with Crippen molar-refractivity contribution < 1.29 is 14.6 Å². The van der Waals surface area contributed by atoms with Gasteiger partial charge in [-0.25, -0.2) is 0 Å². The first-order valence-electron chi connectivity index (χ1n) is 3.23. The van der Waals surface area contributed by atoms with Crippen molar-refractivity contribution in [2.75, 3.05) is 26.4 Å². The molecule has 0 aromatic rings. The average molecular weight is 169 g/mol. The van der Waals surface area contributed by atoms with E-state index in [0.29, 0.717) is 26.2 Å². The van der Waals surface area contributed by atoms with Crippen LogP contribution >= 0.6 is 12.4 Å².